The maximum atomic E-state index is 12.1. The predicted octanol–water partition coefficient (Wildman–Crippen LogP) is 4.01. The van der Waals surface area contributed by atoms with E-state index in [1.165, 1.54) is 16.8 Å². The zero-order valence-electron chi connectivity index (χ0n) is 15.3. The largest absolute Gasteiger partial charge is 0.490 e. The third kappa shape index (κ3) is 5.51. The van der Waals surface area contributed by atoms with Gasteiger partial charge >= 0.3 is 12.1 Å². The van der Waals surface area contributed by atoms with Crippen molar-refractivity contribution in [2.75, 3.05) is 0 Å². The van der Waals surface area contributed by atoms with Crippen molar-refractivity contribution in [2.24, 2.45) is 7.05 Å². The summed E-state index contributed by atoms with van der Waals surface area (Å²) in [6.45, 7) is 1.71. The lowest BCUT2D eigenvalue weighted by Crippen LogP contribution is -2.21. The van der Waals surface area contributed by atoms with E-state index in [-0.39, 0.29) is 15.6 Å². The molecule has 0 fully saturated rings. The molecule has 0 aliphatic heterocycles. The number of carboxylic acid groups (broad SMARTS) is 1. The van der Waals surface area contributed by atoms with E-state index >= 15 is 0 Å². The summed E-state index contributed by atoms with van der Waals surface area (Å²) in [6, 6.07) is 6.35. The Labute approximate surface area is 177 Å². The van der Waals surface area contributed by atoms with Crippen LogP contribution in [0.4, 0.5) is 13.2 Å². The molecule has 30 heavy (non-hydrogen) atoms. The standard InChI is InChI=1S/C15H12Cl2N4O2.C2HF3O2/c1-9-18-7-5-13(22)21(9)10-3-4-11(15(17)14(10)16)23-12-6-8-20(2)19-12;3-2(4,5)1(6)7/h3-8H,1-2H3;(H,6,7). The molecule has 0 bridgehead atoms. The number of aromatic nitrogens is 4. The molecule has 1 aromatic carbocycles. The highest BCUT2D eigenvalue weighted by Gasteiger charge is 2.38. The number of carbonyl (C=O) groups is 1. The highest BCUT2D eigenvalue weighted by atomic mass is 35.5. The van der Waals surface area contributed by atoms with Gasteiger partial charge in [0.05, 0.1) is 10.7 Å². The minimum atomic E-state index is -5.08. The van der Waals surface area contributed by atoms with Crippen LogP contribution >= 0.6 is 23.2 Å². The zero-order chi connectivity index (χ0) is 22.6. The number of hydrogen-bond acceptors (Lipinski definition) is 5. The zero-order valence-corrected chi connectivity index (χ0v) is 16.8. The number of aliphatic carboxylic acids is 1. The first-order valence-corrected chi connectivity index (χ1v) is 8.68. The molecule has 2 heterocycles. The molecule has 160 valence electrons. The Morgan fingerprint density at radius 1 is 1.17 bits per heavy atom. The second-order valence-electron chi connectivity index (χ2n) is 5.61. The van der Waals surface area contributed by atoms with Gasteiger partial charge in [-0.1, -0.05) is 23.2 Å². The topological polar surface area (TPSA) is 99.2 Å². The summed E-state index contributed by atoms with van der Waals surface area (Å²) >= 11 is 12.6. The van der Waals surface area contributed by atoms with E-state index in [2.05, 4.69) is 10.1 Å². The van der Waals surface area contributed by atoms with Crippen molar-refractivity contribution in [3.63, 3.8) is 0 Å². The third-order valence-electron chi connectivity index (χ3n) is 3.44. The summed E-state index contributed by atoms with van der Waals surface area (Å²) in [4.78, 5) is 25.1. The van der Waals surface area contributed by atoms with Gasteiger partial charge in [-0.05, 0) is 19.1 Å². The van der Waals surface area contributed by atoms with Crippen molar-refractivity contribution in [1.29, 1.82) is 0 Å². The van der Waals surface area contributed by atoms with Gasteiger partial charge in [-0.15, -0.1) is 5.10 Å². The fourth-order valence-corrected chi connectivity index (χ4v) is 2.57. The molecule has 0 radical (unpaired) electrons. The van der Waals surface area contributed by atoms with E-state index in [0.717, 1.165) is 0 Å². The summed E-state index contributed by atoms with van der Waals surface area (Å²) < 4.78 is 40.3. The van der Waals surface area contributed by atoms with Crippen molar-refractivity contribution in [3.8, 4) is 17.3 Å². The van der Waals surface area contributed by atoms with Gasteiger partial charge in [0.2, 0.25) is 5.88 Å². The van der Waals surface area contributed by atoms with Crippen molar-refractivity contribution >= 4 is 29.2 Å². The SMILES string of the molecule is Cc1nccc(=O)n1-c1ccc(Oc2ccn(C)n2)c(Cl)c1Cl.O=C(O)C(F)(F)F. The molecule has 0 saturated carbocycles. The van der Waals surface area contributed by atoms with Gasteiger partial charge in [-0.2, -0.15) is 13.2 Å². The normalized spacial score (nSPS) is 10.9. The number of alkyl halides is 3. The van der Waals surface area contributed by atoms with Gasteiger partial charge in [-0.3, -0.25) is 14.0 Å². The molecule has 0 atom stereocenters. The molecule has 8 nitrogen and oxygen atoms in total. The molecule has 2 aromatic heterocycles. The number of rotatable bonds is 3. The minimum Gasteiger partial charge on any atom is -0.475 e. The van der Waals surface area contributed by atoms with Crippen molar-refractivity contribution in [2.45, 2.75) is 13.1 Å². The number of carboxylic acids is 1. The van der Waals surface area contributed by atoms with Crippen LogP contribution < -0.4 is 10.3 Å². The first-order chi connectivity index (χ1) is 13.9. The number of hydrogen-bond donors (Lipinski definition) is 1. The van der Waals surface area contributed by atoms with Gasteiger partial charge in [0.15, 0.2) is 0 Å². The third-order valence-corrected chi connectivity index (χ3v) is 4.29. The van der Waals surface area contributed by atoms with Crippen LogP contribution in [0, 0.1) is 6.92 Å². The lowest BCUT2D eigenvalue weighted by atomic mass is 10.3. The van der Waals surface area contributed by atoms with Crippen LogP contribution in [0.1, 0.15) is 5.82 Å². The molecule has 0 spiro atoms. The fourth-order valence-electron chi connectivity index (χ4n) is 2.13. The Bertz CT molecular complexity index is 1130. The van der Waals surface area contributed by atoms with Gasteiger partial charge in [0, 0.05) is 31.6 Å². The molecule has 1 N–H and O–H groups in total. The van der Waals surface area contributed by atoms with Crippen molar-refractivity contribution < 1.29 is 27.8 Å². The molecule has 0 unspecified atom stereocenters. The fraction of sp³-hybridized carbons (Fsp3) is 0.176. The van der Waals surface area contributed by atoms with E-state index in [1.54, 1.807) is 43.0 Å². The van der Waals surface area contributed by atoms with E-state index in [0.29, 0.717) is 23.1 Å². The Kier molecular flexibility index (Phi) is 7.11. The molecular weight excluding hydrogens is 452 g/mol. The van der Waals surface area contributed by atoms with Crippen LogP contribution in [0.25, 0.3) is 5.69 Å². The first-order valence-electron chi connectivity index (χ1n) is 7.92. The Morgan fingerprint density at radius 3 is 2.30 bits per heavy atom. The highest BCUT2D eigenvalue weighted by molar-refractivity contribution is 6.44. The summed E-state index contributed by atoms with van der Waals surface area (Å²) in [5.74, 6) is -1.50. The molecular formula is C17H13Cl2F3N4O4. The van der Waals surface area contributed by atoms with Crippen LogP contribution in [0.5, 0.6) is 11.6 Å². The molecule has 0 amide bonds. The van der Waals surface area contributed by atoms with E-state index in [4.69, 9.17) is 37.8 Å². The van der Waals surface area contributed by atoms with Gasteiger partial charge in [0.25, 0.3) is 5.56 Å². The quantitative estimate of drug-likeness (QED) is 0.628. The van der Waals surface area contributed by atoms with Crippen LogP contribution in [0.2, 0.25) is 10.0 Å². The molecule has 3 aromatic rings. The van der Waals surface area contributed by atoms with Gasteiger partial charge < -0.3 is 9.84 Å². The number of halogens is 5. The van der Waals surface area contributed by atoms with Crippen molar-refractivity contribution in [3.05, 3.63) is 62.9 Å². The average Bonchev–Trinajstić information content (AvgIpc) is 3.05. The summed E-state index contributed by atoms with van der Waals surface area (Å²) in [6.07, 6.45) is -1.89. The average molecular weight is 465 g/mol. The minimum absolute atomic E-state index is 0.199. The molecule has 0 aliphatic carbocycles. The number of benzene rings is 1. The first kappa shape index (κ1) is 23.2. The van der Waals surface area contributed by atoms with E-state index < -0.39 is 12.1 Å². The second kappa shape index (κ2) is 9.18. The number of ether oxygens (including phenoxy) is 1. The molecule has 3 rings (SSSR count). The maximum absolute atomic E-state index is 12.1. The Hall–Kier alpha value is -3.05. The monoisotopic (exact) mass is 464 g/mol. The van der Waals surface area contributed by atoms with E-state index in [1.807, 2.05) is 0 Å². The molecule has 0 saturated heterocycles. The Balaban J connectivity index is 0.000000396. The lowest BCUT2D eigenvalue weighted by Gasteiger charge is -2.13. The highest BCUT2D eigenvalue weighted by Crippen LogP contribution is 2.38. The summed E-state index contributed by atoms with van der Waals surface area (Å²) in [5.41, 5.74) is 0.203. The predicted molar refractivity (Wildman–Crippen MR) is 102 cm³/mol. The molecule has 0 aliphatic rings. The van der Waals surface area contributed by atoms with E-state index in [9.17, 15) is 18.0 Å². The maximum Gasteiger partial charge on any atom is 0.490 e. The smallest absolute Gasteiger partial charge is 0.475 e. The number of aryl methyl sites for hydroxylation is 2. The van der Waals surface area contributed by atoms with Gasteiger partial charge in [0.1, 0.15) is 16.6 Å². The number of nitrogens with zero attached hydrogens (tertiary/aromatic N) is 4. The van der Waals surface area contributed by atoms with Gasteiger partial charge in [-0.25, -0.2) is 9.78 Å². The lowest BCUT2D eigenvalue weighted by molar-refractivity contribution is -0.192. The summed E-state index contributed by atoms with van der Waals surface area (Å²) in [5, 5.41) is 11.6. The summed E-state index contributed by atoms with van der Waals surface area (Å²) in [7, 11) is 1.78. The Morgan fingerprint density at radius 2 is 1.80 bits per heavy atom. The van der Waals surface area contributed by atoms with Crippen LogP contribution in [0.3, 0.4) is 0 Å². The van der Waals surface area contributed by atoms with Crippen LogP contribution in [0.15, 0.2) is 41.5 Å². The van der Waals surface area contributed by atoms with Crippen molar-refractivity contribution in [1.82, 2.24) is 19.3 Å². The second-order valence-corrected chi connectivity index (χ2v) is 6.37. The van der Waals surface area contributed by atoms with Crippen LogP contribution in [-0.2, 0) is 11.8 Å². The molecule has 13 heteroatoms. The van der Waals surface area contributed by atoms with Crippen LogP contribution in [-0.4, -0.2) is 36.6 Å².